The molecule has 1 saturated heterocycles. The summed E-state index contributed by atoms with van der Waals surface area (Å²) in [5, 5.41) is 9.00. The van der Waals surface area contributed by atoms with Gasteiger partial charge in [-0.25, -0.2) is 0 Å². The van der Waals surface area contributed by atoms with Gasteiger partial charge in [0.05, 0.1) is 18.2 Å². The fraction of sp³-hybridized carbons (Fsp3) is 0.462. The first kappa shape index (κ1) is 11.1. The van der Waals surface area contributed by atoms with Crippen LogP contribution in [0.4, 0.5) is 0 Å². The van der Waals surface area contributed by atoms with Gasteiger partial charge in [-0.15, -0.1) is 0 Å². The Bertz CT molecular complexity index is 397. The molecule has 1 aliphatic rings. The average molecular weight is 216 g/mol. The van der Waals surface area contributed by atoms with Gasteiger partial charge in [0.2, 0.25) is 0 Å². The van der Waals surface area contributed by atoms with E-state index in [1.54, 1.807) is 0 Å². The maximum atomic E-state index is 9.00. The summed E-state index contributed by atoms with van der Waals surface area (Å²) < 4.78 is 5.44. The first-order valence-corrected chi connectivity index (χ1v) is 5.62. The highest BCUT2D eigenvalue weighted by molar-refractivity contribution is 5.37. The Balaban J connectivity index is 2.11. The van der Waals surface area contributed by atoms with Gasteiger partial charge in [-0.2, -0.15) is 5.26 Å². The van der Waals surface area contributed by atoms with Gasteiger partial charge >= 0.3 is 0 Å². The molecule has 0 amide bonds. The van der Waals surface area contributed by atoms with Crippen molar-refractivity contribution < 1.29 is 4.74 Å². The van der Waals surface area contributed by atoms with Crippen LogP contribution in [0.25, 0.3) is 0 Å². The third-order valence-corrected chi connectivity index (χ3v) is 3.15. The fourth-order valence-electron chi connectivity index (χ4n) is 2.11. The molecule has 0 radical (unpaired) electrons. The number of hydrogen-bond acceptors (Lipinski definition) is 3. The number of ether oxygens (including phenoxy) is 1. The van der Waals surface area contributed by atoms with Crippen LogP contribution in [-0.2, 0) is 11.2 Å². The monoisotopic (exact) mass is 216 g/mol. The zero-order valence-corrected chi connectivity index (χ0v) is 9.23. The van der Waals surface area contributed by atoms with Crippen LogP contribution in [0.15, 0.2) is 24.3 Å². The van der Waals surface area contributed by atoms with Crippen molar-refractivity contribution in [2.75, 3.05) is 13.2 Å². The molecule has 16 heavy (non-hydrogen) atoms. The molecule has 3 heteroatoms. The summed E-state index contributed by atoms with van der Waals surface area (Å²) in [7, 11) is 0. The second-order valence-corrected chi connectivity index (χ2v) is 4.26. The molecule has 2 atom stereocenters. The predicted octanol–water partition coefficient (Wildman–Crippen LogP) is 1.46. The lowest BCUT2D eigenvalue weighted by atomic mass is 9.88. The molecule has 0 aliphatic carbocycles. The van der Waals surface area contributed by atoms with Gasteiger partial charge in [0, 0.05) is 18.6 Å². The SMILES string of the molecule is N#Cc1ccccc1CC1COCCC1N. The largest absolute Gasteiger partial charge is 0.381 e. The number of nitrogens with zero attached hydrogens (tertiary/aromatic N) is 1. The molecule has 0 bridgehead atoms. The van der Waals surface area contributed by atoms with Gasteiger partial charge in [-0.1, -0.05) is 18.2 Å². The van der Waals surface area contributed by atoms with E-state index in [4.69, 9.17) is 15.7 Å². The first-order valence-electron chi connectivity index (χ1n) is 5.62. The highest BCUT2D eigenvalue weighted by Gasteiger charge is 2.23. The van der Waals surface area contributed by atoms with E-state index in [1.165, 1.54) is 0 Å². The van der Waals surface area contributed by atoms with Crippen molar-refractivity contribution in [1.29, 1.82) is 5.26 Å². The fourth-order valence-corrected chi connectivity index (χ4v) is 2.11. The lowest BCUT2D eigenvalue weighted by Gasteiger charge is -2.28. The molecule has 84 valence electrons. The Kier molecular flexibility index (Phi) is 3.55. The van der Waals surface area contributed by atoms with Crippen molar-refractivity contribution in [2.24, 2.45) is 11.7 Å². The molecule has 1 aliphatic heterocycles. The van der Waals surface area contributed by atoms with E-state index in [-0.39, 0.29) is 6.04 Å². The molecular formula is C13H16N2O. The van der Waals surface area contributed by atoms with Crippen molar-refractivity contribution in [3.05, 3.63) is 35.4 Å². The van der Waals surface area contributed by atoms with Gasteiger partial charge < -0.3 is 10.5 Å². The summed E-state index contributed by atoms with van der Waals surface area (Å²) >= 11 is 0. The van der Waals surface area contributed by atoms with E-state index >= 15 is 0 Å². The highest BCUT2D eigenvalue weighted by Crippen LogP contribution is 2.20. The van der Waals surface area contributed by atoms with Crippen LogP contribution in [0.3, 0.4) is 0 Å². The van der Waals surface area contributed by atoms with Gasteiger partial charge in [-0.05, 0) is 24.5 Å². The molecule has 1 heterocycles. The van der Waals surface area contributed by atoms with Crippen molar-refractivity contribution >= 4 is 0 Å². The van der Waals surface area contributed by atoms with Crippen LogP contribution in [0.5, 0.6) is 0 Å². The van der Waals surface area contributed by atoms with Crippen molar-refractivity contribution in [3.63, 3.8) is 0 Å². The second kappa shape index (κ2) is 5.11. The van der Waals surface area contributed by atoms with Gasteiger partial charge in [0.25, 0.3) is 0 Å². The van der Waals surface area contributed by atoms with E-state index in [9.17, 15) is 0 Å². The van der Waals surface area contributed by atoms with Crippen molar-refractivity contribution in [1.82, 2.24) is 0 Å². The molecule has 0 spiro atoms. The van der Waals surface area contributed by atoms with Crippen LogP contribution < -0.4 is 5.73 Å². The molecule has 2 unspecified atom stereocenters. The minimum atomic E-state index is 0.195. The molecule has 3 nitrogen and oxygen atoms in total. The normalized spacial score (nSPS) is 25.0. The first-order chi connectivity index (χ1) is 7.81. The number of hydrogen-bond donors (Lipinski definition) is 1. The smallest absolute Gasteiger partial charge is 0.0994 e. The summed E-state index contributed by atoms with van der Waals surface area (Å²) in [4.78, 5) is 0. The third kappa shape index (κ3) is 2.41. The zero-order chi connectivity index (χ0) is 11.4. The average Bonchev–Trinajstić information content (AvgIpc) is 2.33. The van der Waals surface area contributed by atoms with Crippen LogP contribution in [-0.4, -0.2) is 19.3 Å². The Labute approximate surface area is 95.8 Å². The Morgan fingerprint density at radius 1 is 1.44 bits per heavy atom. The molecule has 2 rings (SSSR count). The van der Waals surface area contributed by atoms with Crippen LogP contribution in [0, 0.1) is 17.2 Å². The second-order valence-electron chi connectivity index (χ2n) is 4.26. The minimum absolute atomic E-state index is 0.195. The predicted molar refractivity (Wildman–Crippen MR) is 61.8 cm³/mol. The minimum Gasteiger partial charge on any atom is -0.381 e. The summed E-state index contributed by atoms with van der Waals surface area (Å²) in [6.07, 6.45) is 1.75. The van der Waals surface area contributed by atoms with Gasteiger partial charge in [0.1, 0.15) is 0 Å². The van der Waals surface area contributed by atoms with E-state index in [0.717, 1.165) is 30.6 Å². The topological polar surface area (TPSA) is 59.0 Å². The Morgan fingerprint density at radius 3 is 3.00 bits per heavy atom. The molecule has 0 saturated carbocycles. The molecule has 1 aromatic carbocycles. The van der Waals surface area contributed by atoms with E-state index in [1.807, 2.05) is 24.3 Å². The number of benzene rings is 1. The van der Waals surface area contributed by atoms with Crippen LogP contribution >= 0.6 is 0 Å². The van der Waals surface area contributed by atoms with E-state index in [2.05, 4.69) is 6.07 Å². The Hall–Kier alpha value is -1.37. The van der Waals surface area contributed by atoms with Crippen molar-refractivity contribution in [2.45, 2.75) is 18.9 Å². The lowest BCUT2D eigenvalue weighted by Crippen LogP contribution is -2.39. The van der Waals surface area contributed by atoms with Crippen LogP contribution in [0.2, 0.25) is 0 Å². The third-order valence-electron chi connectivity index (χ3n) is 3.15. The number of nitriles is 1. The maximum absolute atomic E-state index is 9.00. The van der Waals surface area contributed by atoms with E-state index in [0.29, 0.717) is 12.5 Å². The molecule has 1 fully saturated rings. The van der Waals surface area contributed by atoms with Crippen molar-refractivity contribution in [3.8, 4) is 6.07 Å². The van der Waals surface area contributed by atoms with Gasteiger partial charge in [-0.3, -0.25) is 0 Å². The lowest BCUT2D eigenvalue weighted by molar-refractivity contribution is 0.0422. The summed E-state index contributed by atoms with van der Waals surface area (Å²) in [5.41, 5.74) is 7.89. The van der Waals surface area contributed by atoms with Crippen LogP contribution in [0.1, 0.15) is 17.5 Å². The molecule has 2 N–H and O–H groups in total. The number of nitrogens with two attached hydrogens (primary N) is 1. The summed E-state index contributed by atoms with van der Waals surface area (Å²) in [5.74, 6) is 0.336. The zero-order valence-electron chi connectivity index (χ0n) is 9.23. The quantitative estimate of drug-likeness (QED) is 0.814. The standard InChI is InChI=1S/C13H16N2O/c14-8-11-4-2-1-3-10(11)7-12-9-16-6-5-13(12)15/h1-4,12-13H,5-7,9,15H2. The molecule has 0 aromatic heterocycles. The molecular weight excluding hydrogens is 200 g/mol. The highest BCUT2D eigenvalue weighted by atomic mass is 16.5. The Morgan fingerprint density at radius 2 is 2.25 bits per heavy atom. The summed E-state index contributed by atoms with van der Waals surface area (Å²) in [6.45, 7) is 1.47. The number of rotatable bonds is 2. The molecule has 1 aromatic rings. The van der Waals surface area contributed by atoms with E-state index < -0.39 is 0 Å². The summed E-state index contributed by atoms with van der Waals surface area (Å²) in [6, 6.07) is 10.1. The maximum Gasteiger partial charge on any atom is 0.0994 e. The van der Waals surface area contributed by atoms with Gasteiger partial charge in [0.15, 0.2) is 0 Å².